The highest BCUT2D eigenvalue weighted by Crippen LogP contribution is 2.27. The maximum atomic E-state index is 12.6. The minimum Gasteiger partial charge on any atom is -0.325 e. The average Bonchev–Trinajstić information content (AvgIpc) is 2.55. The molecule has 3 aromatic carbocycles. The average molecular weight is 401 g/mol. The number of carbonyl (C=O) groups is 1. The molecule has 0 aromatic heterocycles. The zero-order valence-corrected chi connectivity index (χ0v) is 14.4. The first-order valence-electron chi connectivity index (χ1n) is 7.20. The summed E-state index contributed by atoms with van der Waals surface area (Å²) < 4.78 is 1.04. The number of fused-ring (bicyclic) bond motifs is 1. The van der Waals surface area contributed by atoms with E-state index in [-0.39, 0.29) is 11.8 Å². The van der Waals surface area contributed by atoms with Crippen LogP contribution in [0.1, 0.15) is 18.4 Å². The van der Waals surface area contributed by atoms with Crippen LogP contribution in [0.15, 0.2) is 66.7 Å². The predicted molar refractivity (Wildman–Crippen MR) is 100 cm³/mol. The Hall–Kier alpha value is -1.88. The van der Waals surface area contributed by atoms with Gasteiger partial charge in [-0.05, 0) is 58.0 Å². The second-order valence-corrected chi connectivity index (χ2v) is 6.42. The molecular weight excluding hydrogens is 385 g/mol. The summed E-state index contributed by atoms with van der Waals surface area (Å²) in [5.74, 6) is -0.192. The first kappa shape index (κ1) is 15.0. The maximum absolute atomic E-state index is 12.6. The summed E-state index contributed by atoms with van der Waals surface area (Å²) in [6, 6.07) is 22.1. The summed E-state index contributed by atoms with van der Waals surface area (Å²) in [6.07, 6.45) is 0. The minimum atomic E-state index is -0.206. The second kappa shape index (κ2) is 6.48. The van der Waals surface area contributed by atoms with Crippen LogP contribution in [0.4, 0.5) is 5.69 Å². The normalized spacial score (nSPS) is 12.1. The molecule has 0 aliphatic heterocycles. The Kier molecular flexibility index (Phi) is 4.43. The van der Waals surface area contributed by atoms with Crippen molar-refractivity contribution in [2.24, 2.45) is 0 Å². The van der Waals surface area contributed by atoms with E-state index in [9.17, 15) is 4.79 Å². The first-order valence-corrected chi connectivity index (χ1v) is 8.28. The van der Waals surface area contributed by atoms with Gasteiger partial charge < -0.3 is 5.32 Å². The van der Waals surface area contributed by atoms with Crippen LogP contribution >= 0.6 is 22.6 Å². The predicted octanol–water partition coefficient (Wildman–Crippen LogP) is 5.19. The molecule has 0 saturated heterocycles. The topological polar surface area (TPSA) is 29.1 Å². The lowest BCUT2D eigenvalue weighted by Crippen LogP contribution is -2.19. The SMILES string of the molecule is CC(C(=O)Nc1ccccc1I)c1cccc2ccccc12. The van der Waals surface area contributed by atoms with Gasteiger partial charge in [-0.1, -0.05) is 54.6 Å². The number of benzene rings is 3. The Bertz CT molecular complexity index is 823. The van der Waals surface area contributed by atoms with Crippen molar-refractivity contribution in [1.82, 2.24) is 0 Å². The van der Waals surface area contributed by atoms with Gasteiger partial charge in [0.25, 0.3) is 0 Å². The van der Waals surface area contributed by atoms with E-state index in [1.807, 2.05) is 55.5 Å². The van der Waals surface area contributed by atoms with Crippen molar-refractivity contribution in [3.8, 4) is 0 Å². The van der Waals surface area contributed by atoms with Crippen LogP contribution in [-0.4, -0.2) is 5.91 Å². The van der Waals surface area contributed by atoms with Gasteiger partial charge in [0.15, 0.2) is 0 Å². The van der Waals surface area contributed by atoms with Gasteiger partial charge in [0.2, 0.25) is 5.91 Å². The molecule has 1 N–H and O–H groups in total. The lowest BCUT2D eigenvalue weighted by molar-refractivity contribution is -0.117. The fourth-order valence-corrected chi connectivity index (χ4v) is 3.10. The smallest absolute Gasteiger partial charge is 0.231 e. The number of amides is 1. The largest absolute Gasteiger partial charge is 0.325 e. The number of halogens is 1. The Balaban J connectivity index is 1.91. The minimum absolute atomic E-state index is 0.0143. The fourth-order valence-electron chi connectivity index (χ4n) is 2.57. The van der Waals surface area contributed by atoms with E-state index in [0.717, 1.165) is 25.6 Å². The van der Waals surface area contributed by atoms with Crippen LogP contribution in [0.5, 0.6) is 0 Å². The van der Waals surface area contributed by atoms with E-state index >= 15 is 0 Å². The summed E-state index contributed by atoms with van der Waals surface area (Å²) in [5, 5.41) is 5.32. The lowest BCUT2D eigenvalue weighted by Gasteiger charge is -2.15. The van der Waals surface area contributed by atoms with E-state index in [0.29, 0.717) is 0 Å². The number of anilines is 1. The number of rotatable bonds is 3. The van der Waals surface area contributed by atoms with Gasteiger partial charge in [0, 0.05) is 3.57 Å². The van der Waals surface area contributed by atoms with Crippen molar-refractivity contribution in [3.63, 3.8) is 0 Å². The molecule has 0 aliphatic rings. The third-order valence-corrected chi connectivity index (χ3v) is 4.76. The maximum Gasteiger partial charge on any atom is 0.231 e. The molecule has 0 saturated carbocycles. The number of carbonyl (C=O) groups excluding carboxylic acids is 1. The van der Waals surface area contributed by atoms with E-state index < -0.39 is 0 Å². The quantitative estimate of drug-likeness (QED) is 0.602. The molecule has 1 unspecified atom stereocenters. The van der Waals surface area contributed by atoms with Crippen molar-refractivity contribution in [3.05, 3.63) is 75.9 Å². The van der Waals surface area contributed by atoms with E-state index in [1.165, 1.54) is 0 Å². The highest BCUT2D eigenvalue weighted by molar-refractivity contribution is 14.1. The summed E-state index contributed by atoms with van der Waals surface area (Å²) in [4.78, 5) is 12.6. The molecule has 0 heterocycles. The molecule has 0 fully saturated rings. The molecular formula is C19H16INO. The van der Waals surface area contributed by atoms with Crippen molar-refractivity contribution >= 4 is 45.0 Å². The summed E-state index contributed by atoms with van der Waals surface area (Å²) in [5.41, 5.74) is 1.92. The number of nitrogens with one attached hydrogen (secondary N) is 1. The van der Waals surface area contributed by atoms with E-state index in [4.69, 9.17) is 0 Å². The molecule has 110 valence electrons. The van der Waals surface area contributed by atoms with Crippen LogP contribution in [-0.2, 0) is 4.79 Å². The van der Waals surface area contributed by atoms with Gasteiger partial charge in [-0.15, -0.1) is 0 Å². The van der Waals surface area contributed by atoms with E-state index in [2.05, 4.69) is 46.1 Å². The first-order chi connectivity index (χ1) is 10.7. The molecule has 3 heteroatoms. The highest BCUT2D eigenvalue weighted by atomic mass is 127. The van der Waals surface area contributed by atoms with Crippen molar-refractivity contribution < 1.29 is 4.79 Å². The second-order valence-electron chi connectivity index (χ2n) is 5.26. The third-order valence-electron chi connectivity index (χ3n) is 3.81. The molecule has 0 spiro atoms. The monoisotopic (exact) mass is 401 g/mol. The standard InChI is InChI=1S/C19H16INO/c1-13(19(22)21-18-12-5-4-11-17(18)20)15-10-6-8-14-7-2-3-9-16(14)15/h2-13H,1H3,(H,21,22). The van der Waals surface area contributed by atoms with E-state index in [1.54, 1.807) is 0 Å². The van der Waals surface area contributed by atoms with Gasteiger partial charge in [-0.25, -0.2) is 0 Å². The molecule has 0 radical (unpaired) electrons. The van der Waals surface area contributed by atoms with Crippen molar-refractivity contribution in [1.29, 1.82) is 0 Å². The molecule has 0 aliphatic carbocycles. The molecule has 2 nitrogen and oxygen atoms in total. The molecule has 1 atom stereocenters. The van der Waals surface area contributed by atoms with Crippen LogP contribution < -0.4 is 5.32 Å². The summed E-state index contributed by atoms with van der Waals surface area (Å²) in [6.45, 7) is 1.95. The van der Waals surface area contributed by atoms with Crippen LogP contribution in [0.2, 0.25) is 0 Å². The zero-order chi connectivity index (χ0) is 15.5. The molecule has 0 bridgehead atoms. The van der Waals surface area contributed by atoms with Gasteiger partial charge >= 0.3 is 0 Å². The Morgan fingerprint density at radius 2 is 1.64 bits per heavy atom. The van der Waals surface area contributed by atoms with Gasteiger partial charge in [0.05, 0.1) is 11.6 Å². The Morgan fingerprint density at radius 3 is 2.45 bits per heavy atom. The van der Waals surface area contributed by atoms with Crippen LogP contribution in [0.25, 0.3) is 10.8 Å². The van der Waals surface area contributed by atoms with Crippen molar-refractivity contribution in [2.75, 3.05) is 5.32 Å². The van der Waals surface area contributed by atoms with Gasteiger partial charge in [-0.3, -0.25) is 4.79 Å². The van der Waals surface area contributed by atoms with Gasteiger partial charge in [0.1, 0.15) is 0 Å². The summed E-state index contributed by atoms with van der Waals surface area (Å²) in [7, 11) is 0. The zero-order valence-electron chi connectivity index (χ0n) is 12.2. The fraction of sp³-hybridized carbons (Fsp3) is 0.105. The van der Waals surface area contributed by atoms with Gasteiger partial charge in [-0.2, -0.15) is 0 Å². The summed E-state index contributed by atoms with van der Waals surface area (Å²) >= 11 is 2.23. The molecule has 3 aromatic rings. The third kappa shape index (κ3) is 2.99. The molecule has 22 heavy (non-hydrogen) atoms. The lowest BCUT2D eigenvalue weighted by atomic mass is 9.94. The molecule has 1 amide bonds. The van der Waals surface area contributed by atoms with Crippen LogP contribution in [0.3, 0.4) is 0 Å². The number of hydrogen-bond acceptors (Lipinski definition) is 1. The molecule has 3 rings (SSSR count). The Labute approximate surface area is 143 Å². The van der Waals surface area contributed by atoms with Crippen LogP contribution in [0, 0.1) is 3.57 Å². The van der Waals surface area contributed by atoms with Crippen molar-refractivity contribution in [2.45, 2.75) is 12.8 Å². The number of para-hydroxylation sites is 1. The number of hydrogen-bond donors (Lipinski definition) is 1. The highest BCUT2D eigenvalue weighted by Gasteiger charge is 2.18. The Morgan fingerprint density at radius 1 is 0.955 bits per heavy atom.